The molecule has 4 heteroatoms. The Hall–Kier alpha value is -2.15. The van der Waals surface area contributed by atoms with Crippen molar-refractivity contribution >= 4 is 11.6 Å². The summed E-state index contributed by atoms with van der Waals surface area (Å²) in [6.07, 6.45) is 6.54. The lowest BCUT2D eigenvalue weighted by Crippen LogP contribution is -2.24. The van der Waals surface area contributed by atoms with Crippen molar-refractivity contribution in [1.29, 1.82) is 0 Å². The highest BCUT2D eigenvalue weighted by Crippen LogP contribution is 2.18. The molecule has 0 radical (unpaired) electrons. The number of carbonyl (C=O) groups is 1. The Morgan fingerprint density at radius 1 is 1.53 bits per heavy atom. The minimum atomic E-state index is -0.173. The normalized spacial score (nSPS) is 9.41. The van der Waals surface area contributed by atoms with Gasteiger partial charge in [-0.15, -0.1) is 12.3 Å². The molecule has 0 aliphatic heterocycles. The summed E-state index contributed by atoms with van der Waals surface area (Å²) >= 11 is 0. The third-order valence-electron chi connectivity index (χ3n) is 2.21. The second-order valence-electron chi connectivity index (χ2n) is 3.56. The van der Waals surface area contributed by atoms with Crippen LogP contribution in [0.25, 0.3) is 0 Å². The first-order valence-corrected chi connectivity index (χ1v) is 5.33. The molecule has 1 rings (SSSR count). The lowest BCUT2D eigenvalue weighted by molar-refractivity contribution is 0.0953. The van der Waals surface area contributed by atoms with Crippen LogP contribution in [0.2, 0.25) is 0 Å². The van der Waals surface area contributed by atoms with Gasteiger partial charge in [0.15, 0.2) is 0 Å². The number of carbonyl (C=O) groups excluding carboxylic acids is 1. The standard InChI is InChI=1S/C13H16N2O2/c1-3-4-5-6-15-13(16)10-7-11(14)9-12(8-10)17-2/h1,7-9H,4-6,14H2,2H3,(H,15,16). The molecule has 0 aromatic heterocycles. The molecule has 0 unspecified atom stereocenters. The average Bonchev–Trinajstić information content (AvgIpc) is 2.33. The summed E-state index contributed by atoms with van der Waals surface area (Å²) in [5.74, 6) is 2.91. The van der Waals surface area contributed by atoms with Crippen molar-refractivity contribution in [3.63, 3.8) is 0 Å². The van der Waals surface area contributed by atoms with Crippen molar-refractivity contribution in [3.8, 4) is 18.1 Å². The molecule has 0 aliphatic rings. The monoisotopic (exact) mass is 232 g/mol. The van der Waals surface area contributed by atoms with E-state index in [9.17, 15) is 4.79 Å². The number of hydrogen-bond donors (Lipinski definition) is 2. The summed E-state index contributed by atoms with van der Waals surface area (Å²) in [6.45, 7) is 0.556. The molecule has 0 heterocycles. The van der Waals surface area contributed by atoms with E-state index in [4.69, 9.17) is 16.9 Å². The molecule has 1 aromatic rings. The van der Waals surface area contributed by atoms with Gasteiger partial charge in [-0.2, -0.15) is 0 Å². The largest absolute Gasteiger partial charge is 0.497 e. The van der Waals surface area contributed by atoms with E-state index in [-0.39, 0.29) is 5.91 Å². The number of nitrogen functional groups attached to an aromatic ring is 1. The fourth-order valence-electron chi connectivity index (χ4n) is 1.37. The Kier molecular flexibility index (Phi) is 4.89. The number of rotatable bonds is 5. The lowest BCUT2D eigenvalue weighted by atomic mass is 10.1. The molecular formula is C13H16N2O2. The highest BCUT2D eigenvalue weighted by Gasteiger charge is 2.07. The van der Waals surface area contributed by atoms with Crippen LogP contribution in [0.4, 0.5) is 5.69 Å². The zero-order chi connectivity index (χ0) is 12.7. The molecule has 90 valence electrons. The first-order chi connectivity index (χ1) is 8.17. The van der Waals surface area contributed by atoms with E-state index in [1.165, 1.54) is 7.11 Å². The second kappa shape index (κ2) is 6.44. The molecule has 0 atom stereocenters. The Morgan fingerprint density at radius 3 is 2.94 bits per heavy atom. The molecule has 1 amide bonds. The van der Waals surface area contributed by atoms with Crippen LogP contribution < -0.4 is 15.8 Å². The van der Waals surface area contributed by atoms with Crippen molar-refractivity contribution < 1.29 is 9.53 Å². The zero-order valence-corrected chi connectivity index (χ0v) is 9.82. The summed E-state index contributed by atoms with van der Waals surface area (Å²) in [4.78, 5) is 11.8. The molecule has 0 fully saturated rings. The van der Waals surface area contributed by atoms with Crippen molar-refractivity contribution in [1.82, 2.24) is 5.32 Å². The number of anilines is 1. The Bertz CT molecular complexity index is 436. The molecule has 17 heavy (non-hydrogen) atoms. The van der Waals surface area contributed by atoms with Gasteiger partial charge in [0, 0.05) is 30.3 Å². The van der Waals surface area contributed by atoms with Gasteiger partial charge in [0.1, 0.15) is 5.75 Å². The van der Waals surface area contributed by atoms with E-state index in [2.05, 4.69) is 11.2 Å². The maximum absolute atomic E-state index is 11.8. The fourth-order valence-corrected chi connectivity index (χ4v) is 1.37. The predicted octanol–water partition coefficient (Wildman–Crippen LogP) is 1.42. The van der Waals surface area contributed by atoms with Gasteiger partial charge < -0.3 is 15.8 Å². The summed E-state index contributed by atoms with van der Waals surface area (Å²) in [5.41, 5.74) is 6.65. The van der Waals surface area contributed by atoms with Crippen LogP contribution in [0.3, 0.4) is 0 Å². The van der Waals surface area contributed by atoms with Gasteiger partial charge in [0.25, 0.3) is 5.91 Å². The van der Waals surface area contributed by atoms with Gasteiger partial charge in [-0.3, -0.25) is 4.79 Å². The number of hydrogen-bond acceptors (Lipinski definition) is 3. The van der Waals surface area contributed by atoms with E-state index >= 15 is 0 Å². The van der Waals surface area contributed by atoms with E-state index in [1.807, 2.05) is 0 Å². The molecule has 0 bridgehead atoms. The van der Waals surface area contributed by atoms with Gasteiger partial charge in [0.05, 0.1) is 7.11 Å². The van der Waals surface area contributed by atoms with E-state index in [1.54, 1.807) is 18.2 Å². The van der Waals surface area contributed by atoms with Crippen LogP contribution in [0.5, 0.6) is 5.75 Å². The minimum Gasteiger partial charge on any atom is -0.497 e. The van der Waals surface area contributed by atoms with Crippen molar-refractivity contribution in [2.24, 2.45) is 0 Å². The van der Waals surface area contributed by atoms with E-state index in [0.29, 0.717) is 30.0 Å². The summed E-state index contributed by atoms with van der Waals surface area (Å²) in [6, 6.07) is 4.92. The van der Waals surface area contributed by atoms with Gasteiger partial charge in [-0.05, 0) is 18.6 Å². The first-order valence-electron chi connectivity index (χ1n) is 5.33. The number of unbranched alkanes of at least 4 members (excludes halogenated alkanes) is 1. The van der Waals surface area contributed by atoms with Crippen molar-refractivity contribution in [2.45, 2.75) is 12.8 Å². The Balaban J connectivity index is 2.62. The zero-order valence-electron chi connectivity index (χ0n) is 9.82. The van der Waals surface area contributed by atoms with Gasteiger partial charge in [-0.1, -0.05) is 0 Å². The van der Waals surface area contributed by atoms with Gasteiger partial charge in [0.2, 0.25) is 0 Å². The quantitative estimate of drug-likeness (QED) is 0.458. The fraction of sp³-hybridized carbons (Fsp3) is 0.308. The predicted molar refractivity (Wildman–Crippen MR) is 67.8 cm³/mol. The molecule has 0 aliphatic carbocycles. The molecule has 4 nitrogen and oxygen atoms in total. The number of nitrogens with one attached hydrogen (secondary N) is 1. The third kappa shape index (κ3) is 4.07. The van der Waals surface area contributed by atoms with Crippen LogP contribution in [0.15, 0.2) is 18.2 Å². The Morgan fingerprint density at radius 2 is 2.29 bits per heavy atom. The SMILES string of the molecule is C#CCCCNC(=O)c1cc(N)cc(OC)c1. The van der Waals surface area contributed by atoms with Gasteiger partial charge in [-0.25, -0.2) is 0 Å². The minimum absolute atomic E-state index is 0.173. The topological polar surface area (TPSA) is 64.4 Å². The highest BCUT2D eigenvalue weighted by molar-refractivity contribution is 5.95. The van der Waals surface area contributed by atoms with Crippen LogP contribution in [-0.4, -0.2) is 19.6 Å². The lowest BCUT2D eigenvalue weighted by Gasteiger charge is -2.07. The third-order valence-corrected chi connectivity index (χ3v) is 2.21. The number of nitrogens with two attached hydrogens (primary N) is 1. The maximum Gasteiger partial charge on any atom is 0.251 e. The number of methoxy groups -OCH3 is 1. The summed E-state index contributed by atoms with van der Waals surface area (Å²) in [5, 5.41) is 2.77. The first kappa shape index (κ1) is 12.9. The van der Waals surface area contributed by atoms with Crippen LogP contribution in [-0.2, 0) is 0 Å². The maximum atomic E-state index is 11.8. The number of terminal acetylenes is 1. The summed E-state index contributed by atoms with van der Waals surface area (Å²) in [7, 11) is 1.53. The van der Waals surface area contributed by atoms with Crippen LogP contribution in [0.1, 0.15) is 23.2 Å². The molecule has 0 saturated carbocycles. The molecule has 1 aromatic carbocycles. The molecule has 0 saturated heterocycles. The molecule has 0 spiro atoms. The highest BCUT2D eigenvalue weighted by atomic mass is 16.5. The Labute approximate surface area is 101 Å². The average molecular weight is 232 g/mol. The molecular weight excluding hydrogens is 216 g/mol. The number of amides is 1. The summed E-state index contributed by atoms with van der Waals surface area (Å²) < 4.78 is 5.04. The number of benzene rings is 1. The molecule has 3 N–H and O–H groups in total. The van der Waals surface area contributed by atoms with E-state index < -0.39 is 0 Å². The smallest absolute Gasteiger partial charge is 0.251 e. The van der Waals surface area contributed by atoms with Crippen molar-refractivity contribution in [2.75, 3.05) is 19.4 Å². The van der Waals surface area contributed by atoms with Gasteiger partial charge >= 0.3 is 0 Å². The van der Waals surface area contributed by atoms with Crippen molar-refractivity contribution in [3.05, 3.63) is 23.8 Å². The van der Waals surface area contributed by atoms with Crippen LogP contribution >= 0.6 is 0 Å². The van der Waals surface area contributed by atoms with E-state index in [0.717, 1.165) is 6.42 Å². The number of ether oxygens (including phenoxy) is 1. The van der Waals surface area contributed by atoms with Crippen LogP contribution in [0, 0.1) is 12.3 Å². The second-order valence-corrected chi connectivity index (χ2v) is 3.56.